The van der Waals surface area contributed by atoms with Crippen molar-refractivity contribution >= 4 is 5.91 Å². The van der Waals surface area contributed by atoms with Gasteiger partial charge in [-0.25, -0.2) is 0 Å². The van der Waals surface area contributed by atoms with E-state index in [1.54, 1.807) is 31.3 Å². The molecule has 25 heavy (non-hydrogen) atoms. The molecule has 0 atom stereocenters. The molecule has 0 fully saturated rings. The highest BCUT2D eigenvalue weighted by Gasteiger charge is 2.20. The van der Waals surface area contributed by atoms with Crippen LogP contribution in [-0.4, -0.2) is 49.9 Å². The quantitative estimate of drug-likeness (QED) is 0.730. The molecule has 0 N–H and O–H groups in total. The van der Waals surface area contributed by atoms with Crippen LogP contribution in [0, 0.1) is 0 Å². The van der Waals surface area contributed by atoms with E-state index in [-0.39, 0.29) is 18.6 Å². The average Bonchev–Trinajstić information content (AvgIpc) is 3.07. The average molecular weight is 348 g/mol. The third-order valence-electron chi connectivity index (χ3n) is 3.78. The molecule has 0 aliphatic carbocycles. The number of benzene rings is 1. The number of nitrogens with zero attached hydrogens (tertiary/aromatic N) is 2. The molecule has 0 unspecified atom stereocenters. The minimum atomic E-state index is -0.0934. The summed E-state index contributed by atoms with van der Waals surface area (Å²) in [6.07, 6.45) is 0. The summed E-state index contributed by atoms with van der Waals surface area (Å²) in [5.41, 5.74) is 1.42. The van der Waals surface area contributed by atoms with E-state index in [0.29, 0.717) is 29.5 Å². The Labute approximate surface area is 147 Å². The highest BCUT2D eigenvalue weighted by atomic mass is 16.5. The molecule has 1 amide bonds. The Hall–Kier alpha value is -2.54. The molecular weight excluding hydrogens is 324 g/mol. The molecular formula is C18H24N2O5. The molecule has 7 nitrogen and oxygen atoms in total. The second-order valence-corrected chi connectivity index (χ2v) is 5.80. The Morgan fingerprint density at radius 3 is 2.56 bits per heavy atom. The smallest absolute Gasteiger partial charge is 0.249 e. The summed E-state index contributed by atoms with van der Waals surface area (Å²) in [5, 5.41) is 4.08. The lowest BCUT2D eigenvalue weighted by Crippen LogP contribution is -2.38. The summed E-state index contributed by atoms with van der Waals surface area (Å²) in [6, 6.07) is 7.28. The molecule has 0 spiro atoms. The molecule has 1 heterocycles. The first kappa shape index (κ1) is 18.8. The monoisotopic (exact) mass is 348 g/mol. The molecule has 0 saturated carbocycles. The van der Waals surface area contributed by atoms with Gasteiger partial charge in [-0.2, -0.15) is 0 Å². The fourth-order valence-electron chi connectivity index (χ4n) is 2.45. The largest absolute Gasteiger partial charge is 0.497 e. The molecule has 0 aliphatic heterocycles. The molecule has 1 aromatic carbocycles. The first-order valence-electron chi connectivity index (χ1n) is 7.96. The first-order valence-corrected chi connectivity index (χ1v) is 7.96. The van der Waals surface area contributed by atoms with E-state index >= 15 is 0 Å². The van der Waals surface area contributed by atoms with Crippen LogP contribution >= 0.6 is 0 Å². The number of amides is 1. The van der Waals surface area contributed by atoms with Gasteiger partial charge in [0.05, 0.1) is 26.3 Å². The lowest BCUT2D eigenvalue weighted by atomic mass is 10.1. The zero-order valence-corrected chi connectivity index (χ0v) is 15.2. The zero-order valence-electron chi connectivity index (χ0n) is 15.2. The fourth-order valence-corrected chi connectivity index (χ4v) is 2.45. The lowest BCUT2D eigenvalue weighted by molar-refractivity contribution is -0.137. The van der Waals surface area contributed by atoms with E-state index in [1.807, 2.05) is 26.0 Å². The Morgan fingerprint density at radius 2 is 1.96 bits per heavy atom. The molecule has 2 rings (SSSR count). The molecule has 0 saturated heterocycles. The first-order chi connectivity index (χ1) is 12.0. The van der Waals surface area contributed by atoms with Crippen molar-refractivity contribution in [2.45, 2.75) is 26.4 Å². The van der Waals surface area contributed by atoms with Gasteiger partial charge in [0.15, 0.2) is 5.76 Å². The van der Waals surface area contributed by atoms with Crippen molar-refractivity contribution in [2.75, 3.05) is 27.9 Å². The van der Waals surface area contributed by atoms with Crippen LogP contribution in [0.5, 0.6) is 11.5 Å². The number of rotatable bonds is 8. The van der Waals surface area contributed by atoms with E-state index in [0.717, 1.165) is 5.56 Å². The summed E-state index contributed by atoms with van der Waals surface area (Å²) >= 11 is 0. The number of hydrogen-bond acceptors (Lipinski definition) is 6. The van der Waals surface area contributed by atoms with Crippen LogP contribution in [0.4, 0.5) is 0 Å². The van der Waals surface area contributed by atoms with Crippen LogP contribution in [0.25, 0.3) is 11.3 Å². The van der Waals surface area contributed by atoms with Crippen molar-refractivity contribution in [1.82, 2.24) is 10.1 Å². The van der Waals surface area contributed by atoms with Crippen LogP contribution in [0.1, 0.15) is 19.5 Å². The topological polar surface area (TPSA) is 74.0 Å². The molecule has 1 aromatic heterocycles. The number of hydrogen-bond donors (Lipinski definition) is 0. The van der Waals surface area contributed by atoms with Crippen molar-refractivity contribution < 1.29 is 23.5 Å². The predicted octanol–water partition coefficient (Wildman–Crippen LogP) is 2.74. The van der Waals surface area contributed by atoms with Crippen molar-refractivity contribution in [3.8, 4) is 22.8 Å². The predicted molar refractivity (Wildman–Crippen MR) is 92.6 cm³/mol. The van der Waals surface area contributed by atoms with Gasteiger partial charge in [0, 0.05) is 25.3 Å². The van der Waals surface area contributed by atoms with Gasteiger partial charge in [0.25, 0.3) is 0 Å². The van der Waals surface area contributed by atoms with Crippen LogP contribution < -0.4 is 9.47 Å². The number of carbonyl (C=O) groups excluding carboxylic acids is 1. The Kier molecular flexibility index (Phi) is 6.41. The molecule has 7 heteroatoms. The van der Waals surface area contributed by atoms with Gasteiger partial charge in [-0.05, 0) is 26.0 Å². The fraction of sp³-hybridized carbons (Fsp3) is 0.444. The van der Waals surface area contributed by atoms with Crippen LogP contribution in [0.15, 0.2) is 28.8 Å². The van der Waals surface area contributed by atoms with Gasteiger partial charge in [-0.1, -0.05) is 5.16 Å². The van der Waals surface area contributed by atoms with Crippen molar-refractivity contribution in [3.63, 3.8) is 0 Å². The summed E-state index contributed by atoms with van der Waals surface area (Å²) in [6.45, 7) is 4.28. The Bertz CT molecular complexity index is 711. The van der Waals surface area contributed by atoms with Crippen LogP contribution in [-0.2, 0) is 16.1 Å². The van der Waals surface area contributed by atoms with E-state index in [2.05, 4.69) is 5.16 Å². The third-order valence-corrected chi connectivity index (χ3v) is 3.78. The second kappa shape index (κ2) is 8.53. The standard InChI is InChI=1S/C18H24N2O5/c1-12(2)20(18(21)11-22-3)10-13-8-17(25-19-13)15-7-6-14(23-4)9-16(15)24-5/h6-9,12H,10-11H2,1-5H3. The maximum Gasteiger partial charge on any atom is 0.249 e. The molecule has 136 valence electrons. The molecule has 0 aliphatic rings. The summed E-state index contributed by atoms with van der Waals surface area (Å²) < 4.78 is 21.0. The number of aromatic nitrogens is 1. The number of ether oxygens (including phenoxy) is 3. The van der Waals surface area contributed by atoms with Crippen molar-refractivity contribution in [1.29, 1.82) is 0 Å². The van der Waals surface area contributed by atoms with E-state index < -0.39 is 0 Å². The second-order valence-electron chi connectivity index (χ2n) is 5.80. The highest BCUT2D eigenvalue weighted by Crippen LogP contribution is 2.33. The normalized spacial score (nSPS) is 10.8. The maximum atomic E-state index is 12.1. The Morgan fingerprint density at radius 1 is 1.20 bits per heavy atom. The number of methoxy groups -OCH3 is 3. The molecule has 2 aromatic rings. The minimum Gasteiger partial charge on any atom is -0.497 e. The lowest BCUT2D eigenvalue weighted by Gasteiger charge is -2.25. The minimum absolute atomic E-state index is 0.0262. The maximum absolute atomic E-state index is 12.1. The SMILES string of the molecule is COCC(=O)N(Cc1cc(-c2ccc(OC)cc2OC)on1)C(C)C. The van der Waals surface area contributed by atoms with Crippen LogP contribution in [0.3, 0.4) is 0 Å². The highest BCUT2D eigenvalue weighted by molar-refractivity contribution is 5.77. The summed E-state index contributed by atoms with van der Waals surface area (Å²) in [5.74, 6) is 1.79. The van der Waals surface area contributed by atoms with Gasteiger partial charge in [0.1, 0.15) is 23.8 Å². The van der Waals surface area contributed by atoms with Crippen LogP contribution in [0.2, 0.25) is 0 Å². The van der Waals surface area contributed by atoms with Gasteiger partial charge >= 0.3 is 0 Å². The van der Waals surface area contributed by atoms with Crippen molar-refractivity contribution in [3.05, 3.63) is 30.0 Å². The summed E-state index contributed by atoms with van der Waals surface area (Å²) in [4.78, 5) is 13.8. The summed E-state index contributed by atoms with van der Waals surface area (Å²) in [7, 11) is 4.68. The van der Waals surface area contributed by atoms with Gasteiger partial charge in [0.2, 0.25) is 5.91 Å². The van der Waals surface area contributed by atoms with Gasteiger partial charge in [-0.3, -0.25) is 4.79 Å². The van der Waals surface area contributed by atoms with E-state index in [4.69, 9.17) is 18.7 Å². The van der Waals surface area contributed by atoms with Crippen molar-refractivity contribution in [2.24, 2.45) is 0 Å². The Balaban J connectivity index is 2.23. The van der Waals surface area contributed by atoms with E-state index in [1.165, 1.54) is 7.11 Å². The molecule has 0 radical (unpaired) electrons. The van der Waals surface area contributed by atoms with E-state index in [9.17, 15) is 4.79 Å². The number of carbonyl (C=O) groups is 1. The van der Waals surface area contributed by atoms with Gasteiger partial charge < -0.3 is 23.6 Å². The van der Waals surface area contributed by atoms with Gasteiger partial charge in [-0.15, -0.1) is 0 Å². The zero-order chi connectivity index (χ0) is 18.4. The third kappa shape index (κ3) is 4.51. The molecule has 0 bridgehead atoms.